The fraction of sp³-hybridized carbons (Fsp3) is 0.333. The van der Waals surface area contributed by atoms with Gasteiger partial charge in [0.15, 0.2) is 0 Å². The van der Waals surface area contributed by atoms with Gasteiger partial charge < -0.3 is 10.7 Å². The first-order valence-corrected chi connectivity index (χ1v) is 9.58. The number of para-hydroxylation sites is 1. The van der Waals surface area contributed by atoms with Crippen molar-refractivity contribution in [2.45, 2.75) is 39.0 Å². The third-order valence-corrected chi connectivity index (χ3v) is 5.32. The van der Waals surface area contributed by atoms with Crippen molar-refractivity contribution in [3.8, 4) is 11.3 Å². The minimum atomic E-state index is 0.439. The molecule has 0 saturated carbocycles. The molecule has 1 heterocycles. The van der Waals surface area contributed by atoms with E-state index in [0.29, 0.717) is 22.5 Å². The highest BCUT2D eigenvalue weighted by Crippen LogP contribution is 2.40. The number of nitrogens with one attached hydrogen (secondary N) is 1. The highest BCUT2D eigenvalue weighted by atomic mass is 35.5. The molecule has 2 nitrogen and oxygen atoms in total. The Hall–Kier alpha value is -1.48. The third-order valence-electron chi connectivity index (χ3n) is 4.69. The number of benzene rings is 2. The van der Waals surface area contributed by atoms with Crippen molar-refractivity contribution in [3.05, 3.63) is 57.6 Å². The average Bonchev–Trinajstić information content (AvgIpc) is 2.93. The van der Waals surface area contributed by atoms with E-state index in [9.17, 15) is 0 Å². The molecule has 3 aromatic rings. The van der Waals surface area contributed by atoms with Gasteiger partial charge in [-0.1, -0.05) is 61.3 Å². The number of halogens is 2. The molecule has 1 aromatic heterocycles. The number of fused-ring (bicyclic) bond motifs is 1. The van der Waals surface area contributed by atoms with Crippen LogP contribution in [0.1, 0.15) is 43.7 Å². The molecule has 0 aliphatic heterocycles. The molecule has 0 saturated heterocycles. The number of H-pyrrole nitrogens is 1. The second kappa shape index (κ2) is 7.82. The molecular weight excluding hydrogens is 351 g/mol. The van der Waals surface area contributed by atoms with Crippen LogP contribution in [0.3, 0.4) is 0 Å². The Labute approximate surface area is 159 Å². The van der Waals surface area contributed by atoms with Crippen molar-refractivity contribution < 1.29 is 0 Å². The highest BCUT2D eigenvalue weighted by Gasteiger charge is 2.19. The normalized spacial score (nSPS) is 11.6. The van der Waals surface area contributed by atoms with Crippen molar-refractivity contribution in [2.24, 2.45) is 5.73 Å². The summed E-state index contributed by atoms with van der Waals surface area (Å²) in [5.41, 5.74) is 11.4. The van der Waals surface area contributed by atoms with Gasteiger partial charge in [0.05, 0.1) is 15.7 Å². The van der Waals surface area contributed by atoms with Crippen LogP contribution in [-0.2, 0) is 6.42 Å². The van der Waals surface area contributed by atoms with Crippen molar-refractivity contribution in [1.29, 1.82) is 0 Å². The van der Waals surface area contributed by atoms with Gasteiger partial charge >= 0.3 is 0 Å². The number of nitrogens with two attached hydrogens (primary N) is 1. The van der Waals surface area contributed by atoms with Crippen LogP contribution in [0.25, 0.3) is 22.2 Å². The van der Waals surface area contributed by atoms with E-state index < -0.39 is 0 Å². The summed E-state index contributed by atoms with van der Waals surface area (Å²) in [6.45, 7) is 5.14. The lowest BCUT2D eigenvalue weighted by molar-refractivity contribution is 0.748. The van der Waals surface area contributed by atoms with Gasteiger partial charge in [-0.05, 0) is 55.0 Å². The zero-order valence-corrected chi connectivity index (χ0v) is 16.2. The van der Waals surface area contributed by atoms with Gasteiger partial charge in [-0.25, -0.2) is 0 Å². The van der Waals surface area contributed by atoms with Crippen LogP contribution in [0.2, 0.25) is 10.0 Å². The van der Waals surface area contributed by atoms with Gasteiger partial charge in [0.2, 0.25) is 0 Å². The molecule has 0 radical (unpaired) electrons. The summed E-state index contributed by atoms with van der Waals surface area (Å²) >= 11 is 13.0. The molecule has 4 heteroatoms. The Morgan fingerprint density at radius 3 is 2.32 bits per heavy atom. The minimum absolute atomic E-state index is 0.439. The van der Waals surface area contributed by atoms with Crippen LogP contribution in [-0.4, -0.2) is 11.5 Å². The second-order valence-corrected chi connectivity index (χ2v) is 7.56. The van der Waals surface area contributed by atoms with Crippen molar-refractivity contribution in [1.82, 2.24) is 4.98 Å². The molecule has 3 rings (SSSR count). The molecule has 2 aromatic carbocycles. The standard InChI is InChI=1S/C21H24Cl2N2/c1-13(2)14-8-5-9-15-16(7-3-4-12-24)21(25-20(14)15)19-17(22)10-6-11-18(19)23/h5-6,8-11,13,25H,3-4,7,12,24H2,1-2H3. The van der Waals surface area contributed by atoms with E-state index in [1.807, 2.05) is 18.2 Å². The lowest BCUT2D eigenvalue weighted by atomic mass is 9.96. The molecule has 0 amide bonds. The van der Waals surface area contributed by atoms with E-state index in [2.05, 4.69) is 37.0 Å². The van der Waals surface area contributed by atoms with Crippen LogP contribution in [0.4, 0.5) is 0 Å². The largest absolute Gasteiger partial charge is 0.354 e. The maximum absolute atomic E-state index is 6.50. The quantitative estimate of drug-likeness (QED) is 0.472. The van der Waals surface area contributed by atoms with Gasteiger partial charge in [0, 0.05) is 16.5 Å². The molecule has 0 unspecified atom stereocenters. The highest BCUT2D eigenvalue weighted by molar-refractivity contribution is 6.39. The van der Waals surface area contributed by atoms with Gasteiger partial charge in [0.1, 0.15) is 0 Å². The summed E-state index contributed by atoms with van der Waals surface area (Å²) in [5, 5.41) is 2.60. The zero-order valence-electron chi connectivity index (χ0n) is 14.7. The van der Waals surface area contributed by atoms with E-state index in [-0.39, 0.29) is 0 Å². The first kappa shape index (κ1) is 18.3. The van der Waals surface area contributed by atoms with Crippen molar-refractivity contribution in [3.63, 3.8) is 0 Å². The van der Waals surface area contributed by atoms with Crippen molar-refractivity contribution in [2.75, 3.05) is 6.54 Å². The Morgan fingerprint density at radius 1 is 1.00 bits per heavy atom. The Morgan fingerprint density at radius 2 is 1.68 bits per heavy atom. The Kier molecular flexibility index (Phi) is 5.73. The SMILES string of the molecule is CC(C)c1cccc2c(CCCCN)c(-c3c(Cl)cccc3Cl)[nH]c12. The number of aryl methyl sites for hydroxylation is 1. The number of aromatic nitrogens is 1. The van der Waals surface area contributed by atoms with Gasteiger partial charge in [-0.2, -0.15) is 0 Å². The third kappa shape index (κ3) is 3.57. The van der Waals surface area contributed by atoms with E-state index in [1.165, 1.54) is 22.0 Å². The van der Waals surface area contributed by atoms with Gasteiger partial charge in [-0.3, -0.25) is 0 Å². The van der Waals surface area contributed by atoms with Crippen LogP contribution in [0.5, 0.6) is 0 Å². The van der Waals surface area contributed by atoms with Crippen LogP contribution >= 0.6 is 23.2 Å². The van der Waals surface area contributed by atoms with Gasteiger partial charge in [-0.15, -0.1) is 0 Å². The van der Waals surface area contributed by atoms with E-state index in [1.54, 1.807) is 0 Å². The van der Waals surface area contributed by atoms with Gasteiger partial charge in [0.25, 0.3) is 0 Å². The summed E-state index contributed by atoms with van der Waals surface area (Å²) < 4.78 is 0. The Bertz CT molecular complexity index is 861. The molecule has 0 bridgehead atoms. The molecule has 0 atom stereocenters. The maximum atomic E-state index is 6.50. The predicted molar refractivity (Wildman–Crippen MR) is 110 cm³/mol. The summed E-state index contributed by atoms with van der Waals surface area (Å²) in [6.07, 6.45) is 3.01. The molecule has 0 fully saturated rings. The Balaban J connectivity index is 2.26. The van der Waals surface area contributed by atoms with E-state index in [0.717, 1.165) is 30.5 Å². The number of unbranched alkanes of at least 4 members (excludes halogenated alkanes) is 1. The maximum Gasteiger partial charge on any atom is 0.0527 e. The topological polar surface area (TPSA) is 41.8 Å². The molecule has 0 spiro atoms. The summed E-state index contributed by atoms with van der Waals surface area (Å²) in [6, 6.07) is 12.2. The first-order valence-electron chi connectivity index (χ1n) is 8.82. The molecule has 3 N–H and O–H groups in total. The zero-order chi connectivity index (χ0) is 18.0. The van der Waals surface area contributed by atoms with Crippen LogP contribution in [0.15, 0.2) is 36.4 Å². The fourth-order valence-electron chi connectivity index (χ4n) is 3.43. The lowest BCUT2D eigenvalue weighted by Gasteiger charge is -2.09. The number of hydrogen-bond acceptors (Lipinski definition) is 1. The molecule has 0 aliphatic carbocycles. The van der Waals surface area contributed by atoms with E-state index in [4.69, 9.17) is 28.9 Å². The average molecular weight is 375 g/mol. The summed E-state index contributed by atoms with van der Waals surface area (Å²) in [7, 11) is 0. The molecular formula is C21H24Cl2N2. The van der Waals surface area contributed by atoms with Crippen LogP contribution in [0, 0.1) is 0 Å². The summed E-state index contributed by atoms with van der Waals surface area (Å²) in [5.74, 6) is 0.439. The fourth-order valence-corrected chi connectivity index (χ4v) is 4.02. The molecule has 25 heavy (non-hydrogen) atoms. The molecule has 0 aliphatic rings. The predicted octanol–water partition coefficient (Wildman–Crippen LogP) is 6.55. The molecule has 132 valence electrons. The minimum Gasteiger partial charge on any atom is -0.354 e. The number of aromatic amines is 1. The van der Waals surface area contributed by atoms with Crippen molar-refractivity contribution >= 4 is 34.1 Å². The number of rotatable bonds is 6. The first-order chi connectivity index (χ1) is 12.0. The smallest absolute Gasteiger partial charge is 0.0527 e. The number of hydrogen-bond donors (Lipinski definition) is 2. The summed E-state index contributed by atoms with van der Waals surface area (Å²) in [4.78, 5) is 3.64. The lowest BCUT2D eigenvalue weighted by Crippen LogP contribution is -1.99. The second-order valence-electron chi connectivity index (χ2n) is 6.75. The monoisotopic (exact) mass is 374 g/mol. The van der Waals surface area contributed by atoms with Crippen LogP contribution < -0.4 is 5.73 Å². The van der Waals surface area contributed by atoms with E-state index >= 15 is 0 Å².